The second-order valence-corrected chi connectivity index (χ2v) is 5.17. The van der Waals surface area contributed by atoms with Crippen LogP contribution >= 0.6 is 0 Å². The number of hydrogen-bond acceptors (Lipinski definition) is 6. The Morgan fingerprint density at radius 2 is 2.29 bits per heavy atom. The van der Waals surface area contributed by atoms with E-state index in [-0.39, 0.29) is 11.6 Å². The molecular formula is C13H17N5O3. The van der Waals surface area contributed by atoms with Gasteiger partial charge in [0.25, 0.3) is 0 Å². The van der Waals surface area contributed by atoms with Crippen LogP contribution in [0.5, 0.6) is 0 Å². The highest BCUT2D eigenvalue weighted by atomic mass is 16.4. The molecule has 8 heteroatoms. The molecule has 0 saturated carbocycles. The third-order valence-corrected chi connectivity index (χ3v) is 3.85. The maximum Gasteiger partial charge on any atom is 0.358 e. The summed E-state index contributed by atoms with van der Waals surface area (Å²) in [5, 5.41) is 20.4. The van der Waals surface area contributed by atoms with Gasteiger partial charge in [0.1, 0.15) is 11.5 Å². The van der Waals surface area contributed by atoms with E-state index in [1.54, 1.807) is 4.68 Å². The van der Waals surface area contributed by atoms with E-state index in [2.05, 4.69) is 20.6 Å². The highest BCUT2D eigenvalue weighted by Crippen LogP contribution is 2.27. The maximum absolute atomic E-state index is 11.4. The number of aromatic nitrogens is 4. The molecule has 21 heavy (non-hydrogen) atoms. The van der Waals surface area contributed by atoms with Gasteiger partial charge in [-0.05, 0) is 32.9 Å². The topological polar surface area (TPSA) is 106 Å². The van der Waals surface area contributed by atoms with Crippen LogP contribution in [0.3, 0.4) is 0 Å². The lowest BCUT2D eigenvalue weighted by molar-refractivity contribution is 0.0688. The van der Waals surface area contributed by atoms with Crippen molar-refractivity contribution in [1.82, 2.24) is 25.3 Å². The first-order valence-corrected chi connectivity index (χ1v) is 6.93. The van der Waals surface area contributed by atoms with Crippen molar-refractivity contribution in [3.63, 3.8) is 0 Å². The minimum Gasteiger partial charge on any atom is -0.476 e. The molecule has 1 saturated heterocycles. The van der Waals surface area contributed by atoms with Crippen molar-refractivity contribution in [2.24, 2.45) is 0 Å². The second-order valence-electron chi connectivity index (χ2n) is 5.17. The lowest BCUT2D eigenvalue weighted by Gasteiger charge is -2.23. The van der Waals surface area contributed by atoms with E-state index in [9.17, 15) is 9.90 Å². The van der Waals surface area contributed by atoms with Gasteiger partial charge in [-0.2, -0.15) is 0 Å². The van der Waals surface area contributed by atoms with Gasteiger partial charge in [0, 0.05) is 5.92 Å². The fourth-order valence-electron chi connectivity index (χ4n) is 2.71. The minimum absolute atomic E-state index is 0.0445. The molecule has 0 atom stereocenters. The molecule has 1 aliphatic rings. The molecule has 8 nitrogen and oxygen atoms in total. The van der Waals surface area contributed by atoms with Gasteiger partial charge in [0.05, 0.1) is 12.2 Å². The largest absolute Gasteiger partial charge is 0.476 e. The first-order chi connectivity index (χ1) is 10.2. The molecule has 0 aromatic carbocycles. The van der Waals surface area contributed by atoms with E-state index in [1.807, 2.05) is 6.92 Å². The monoisotopic (exact) mass is 291 g/mol. The van der Waals surface area contributed by atoms with E-state index in [1.165, 1.54) is 6.39 Å². The van der Waals surface area contributed by atoms with Crippen LogP contribution in [0.1, 0.15) is 46.4 Å². The van der Waals surface area contributed by atoms with Crippen molar-refractivity contribution >= 4 is 5.97 Å². The molecule has 1 fully saturated rings. The molecular weight excluding hydrogens is 274 g/mol. The summed E-state index contributed by atoms with van der Waals surface area (Å²) in [6, 6.07) is 0. The molecule has 0 unspecified atom stereocenters. The van der Waals surface area contributed by atoms with E-state index in [0.717, 1.165) is 31.6 Å². The zero-order valence-corrected chi connectivity index (χ0v) is 11.7. The predicted molar refractivity (Wildman–Crippen MR) is 72.2 cm³/mol. The van der Waals surface area contributed by atoms with Crippen LogP contribution in [-0.4, -0.2) is 44.1 Å². The Balaban J connectivity index is 1.96. The maximum atomic E-state index is 11.4. The Kier molecular flexibility index (Phi) is 3.70. The standard InChI is InChI=1S/C13H17N5O3/c1-8-10(15-7-21-8)6-18-12(9-2-4-14-5-3-9)11(13(19)20)16-17-18/h7,9,14H,2-6H2,1H3,(H,19,20). The Labute approximate surface area is 121 Å². The molecule has 0 amide bonds. The zero-order valence-electron chi connectivity index (χ0n) is 11.7. The number of carboxylic acid groups (broad SMARTS) is 1. The van der Waals surface area contributed by atoms with Crippen LogP contribution in [0.4, 0.5) is 0 Å². The summed E-state index contributed by atoms with van der Waals surface area (Å²) in [6.07, 6.45) is 3.14. The van der Waals surface area contributed by atoms with Gasteiger partial charge < -0.3 is 14.8 Å². The number of piperidine rings is 1. The first-order valence-electron chi connectivity index (χ1n) is 6.93. The normalized spacial score (nSPS) is 16.2. The van der Waals surface area contributed by atoms with Crippen molar-refractivity contribution in [3.8, 4) is 0 Å². The molecule has 3 heterocycles. The van der Waals surface area contributed by atoms with Crippen LogP contribution in [0, 0.1) is 6.92 Å². The summed E-state index contributed by atoms with van der Waals surface area (Å²) in [4.78, 5) is 15.5. The number of carboxylic acids is 1. The Morgan fingerprint density at radius 3 is 2.90 bits per heavy atom. The van der Waals surface area contributed by atoms with E-state index in [4.69, 9.17) is 4.42 Å². The lowest BCUT2D eigenvalue weighted by atomic mass is 9.93. The number of oxazole rings is 1. The molecule has 1 aliphatic heterocycles. The van der Waals surface area contributed by atoms with Gasteiger partial charge >= 0.3 is 5.97 Å². The van der Waals surface area contributed by atoms with Gasteiger partial charge in [-0.15, -0.1) is 5.10 Å². The summed E-state index contributed by atoms with van der Waals surface area (Å²) >= 11 is 0. The number of aryl methyl sites for hydroxylation is 1. The van der Waals surface area contributed by atoms with Crippen molar-refractivity contribution in [2.45, 2.75) is 32.2 Å². The molecule has 2 N–H and O–H groups in total. The van der Waals surface area contributed by atoms with E-state index in [0.29, 0.717) is 18.0 Å². The lowest BCUT2D eigenvalue weighted by Crippen LogP contribution is -2.29. The van der Waals surface area contributed by atoms with E-state index < -0.39 is 5.97 Å². The molecule has 112 valence electrons. The van der Waals surface area contributed by atoms with Crippen LogP contribution < -0.4 is 5.32 Å². The summed E-state index contributed by atoms with van der Waals surface area (Å²) in [6.45, 7) is 3.94. The van der Waals surface area contributed by atoms with Crippen LogP contribution in [0.25, 0.3) is 0 Å². The van der Waals surface area contributed by atoms with Gasteiger partial charge in [0.15, 0.2) is 12.1 Å². The average Bonchev–Trinajstić information content (AvgIpc) is 3.07. The quantitative estimate of drug-likeness (QED) is 0.857. The van der Waals surface area contributed by atoms with Crippen molar-refractivity contribution in [3.05, 3.63) is 29.2 Å². The summed E-state index contributed by atoms with van der Waals surface area (Å²) in [7, 11) is 0. The van der Waals surface area contributed by atoms with Crippen molar-refractivity contribution < 1.29 is 14.3 Å². The number of aromatic carboxylic acids is 1. The van der Waals surface area contributed by atoms with Crippen molar-refractivity contribution in [2.75, 3.05) is 13.1 Å². The smallest absolute Gasteiger partial charge is 0.358 e. The van der Waals surface area contributed by atoms with Gasteiger partial charge in [-0.3, -0.25) is 0 Å². The fraction of sp³-hybridized carbons (Fsp3) is 0.538. The van der Waals surface area contributed by atoms with Crippen LogP contribution in [-0.2, 0) is 6.54 Å². The third-order valence-electron chi connectivity index (χ3n) is 3.85. The van der Waals surface area contributed by atoms with Crippen LogP contribution in [0.15, 0.2) is 10.8 Å². The fourth-order valence-corrected chi connectivity index (χ4v) is 2.71. The number of carbonyl (C=O) groups is 1. The molecule has 2 aromatic rings. The highest BCUT2D eigenvalue weighted by Gasteiger charge is 2.28. The summed E-state index contributed by atoms with van der Waals surface area (Å²) in [5.74, 6) is -0.176. The number of nitrogens with zero attached hydrogens (tertiary/aromatic N) is 4. The van der Waals surface area contributed by atoms with Crippen LogP contribution in [0.2, 0.25) is 0 Å². The Bertz CT molecular complexity index is 642. The number of hydrogen-bond donors (Lipinski definition) is 2. The number of rotatable bonds is 4. The molecule has 0 spiro atoms. The third kappa shape index (κ3) is 2.66. The molecule has 0 bridgehead atoms. The van der Waals surface area contributed by atoms with E-state index >= 15 is 0 Å². The van der Waals surface area contributed by atoms with Gasteiger partial charge in [0.2, 0.25) is 0 Å². The number of nitrogens with one attached hydrogen (secondary N) is 1. The first kappa shape index (κ1) is 13.7. The van der Waals surface area contributed by atoms with Gasteiger partial charge in [-0.1, -0.05) is 5.21 Å². The molecule has 3 rings (SSSR count). The summed E-state index contributed by atoms with van der Waals surface area (Å²) < 4.78 is 6.82. The highest BCUT2D eigenvalue weighted by molar-refractivity contribution is 5.86. The predicted octanol–water partition coefficient (Wildman–Crippen LogP) is 0.788. The Hall–Kier alpha value is -2.22. The second kappa shape index (κ2) is 5.65. The molecule has 2 aromatic heterocycles. The zero-order chi connectivity index (χ0) is 14.8. The minimum atomic E-state index is -1.04. The van der Waals surface area contributed by atoms with Crippen molar-refractivity contribution in [1.29, 1.82) is 0 Å². The average molecular weight is 291 g/mol. The SMILES string of the molecule is Cc1ocnc1Cn1nnc(C(=O)O)c1C1CCNCC1. The Morgan fingerprint density at radius 1 is 1.52 bits per heavy atom. The molecule has 0 aliphatic carbocycles. The molecule has 0 radical (unpaired) electrons. The summed E-state index contributed by atoms with van der Waals surface area (Å²) in [5.41, 5.74) is 1.47. The van der Waals surface area contributed by atoms with Gasteiger partial charge in [-0.25, -0.2) is 14.5 Å².